The molecule has 3 N–H and O–H groups in total. The molecule has 10 rings (SSSR count). The molecule has 14 atom stereocenters. The van der Waals surface area contributed by atoms with Crippen LogP contribution in [0, 0.1) is 81.8 Å². The van der Waals surface area contributed by atoms with Crippen molar-refractivity contribution in [2.45, 2.75) is 196 Å². The fourth-order valence-corrected chi connectivity index (χ4v) is 18.5. The summed E-state index contributed by atoms with van der Waals surface area (Å²) < 4.78 is 21.5. The Labute approximate surface area is 361 Å². The predicted octanol–water partition coefficient (Wildman–Crippen LogP) is 12.4. The summed E-state index contributed by atoms with van der Waals surface area (Å²) in [6.07, 6.45) is 14.3. The number of hydrogen-bond donors (Lipinski definition) is 3. The van der Waals surface area contributed by atoms with Crippen molar-refractivity contribution in [3.05, 3.63) is 40.5 Å². The Bertz CT molecular complexity index is 2100. The molecule has 2 aromatic rings. The second-order valence-corrected chi connectivity index (χ2v) is 25.2. The Morgan fingerprint density at radius 1 is 0.517 bits per heavy atom. The number of ether oxygens (including phenoxy) is 3. The number of rotatable bonds is 2. The first-order valence-corrected chi connectivity index (χ1v) is 24.3. The molecule has 60 heavy (non-hydrogen) atoms. The second kappa shape index (κ2) is 12.9. The van der Waals surface area contributed by atoms with E-state index in [1.807, 2.05) is 6.07 Å². The monoisotopic (exact) mass is 823 g/mol. The molecule has 0 saturated heterocycles. The van der Waals surface area contributed by atoms with E-state index in [0.717, 1.165) is 111 Å². The lowest BCUT2D eigenvalue weighted by Crippen LogP contribution is -2.66. The highest BCUT2D eigenvalue weighted by molar-refractivity contribution is 5.61. The minimum atomic E-state index is -0.298. The molecule has 6 aliphatic carbocycles. The van der Waals surface area contributed by atoms with Gasteiger partial charge in [-0.2, -0.15) is 0 Å². The Balaban J connectivity index is 0.974. The van der Waals surface area contributed by atoms with Crippen LogP contribution in [0.25, 0.3) is 0 Å². The molecule has 0 aromatic heterocycles. The number of benzene rings is 2. The van der Waals surface area contributed by atoms with Crippen molar-refractivity contribution in [3.8, 4) is 28.7 Å². The third-order valence-corrected chi connectivity index (χ3v) is 21.6. The SMILES string of the molecule is Cc1cc(Oc2c(O)cc(C)c3c2C[C@H]2[C@]4(C)CC[C@H]5C(C)(C)[C@H](O)CC[C@]5(C)[C@H]4CC[C@]2(C)O3)cc2c1O[C@@]1(C)CC[C@@H]3[C@@]4(C)CC[C@@H](O)C(C)(C)[C@@H]4CC[C@@]3(C)[C@@H]1C2. The maximum Gasteiger partial charge on any atom is 0.175 e. The Kier molecular flexibility index (Phi) is 8.90. The number of aliphatic hydroxyl groups excluding tert-OH is 2. The summed E-state index contributed by atoms with van der Waals surface area (Å²) in [5.41, 5.74) is 4.19. The number of fused-ring (bicyclic) bond motifs is 12. The molecular formula is C54H78O6. The predicted molar refractivity (Wildman–Crippen MR) is 238 cm³/mol. The zero-order valence-electron chi connectivity index (χ0n) is 39.3. The van der Waals surface area contributed by atoms with Gasteiger partial charge in [-0.25, -0.2) is 0 Å². The third kappa shape index (κ3) is 5.37. The lowest BCUT2D eigenvalue weighted by Gasteiger charge is -2.69. The lowest BCUT2D eigenvalue weighted by atomic mass is 9.37. The van der Waals surface area contributed by atoms with Gasteiger partial charge in [0.1, 0.15) is 28.5 Å². The van der Waals surface area contributed by atoms with E-state index in [-0.39, 0.29) is 67.6 Å². The highest BCUT2D eigenvalue weighted by Crippen LogP contribution is 2.73. The van der Waals surface area contributed by atoms with Crippen molar-refractivity contribution in [1.82, 2.24) is 0 Å². The minimum Gasteiger partial charge on any atom is -0.504 e. The molecule has 0 spiro atoms. The number of aliphatic hydroxyl groups is 2. The quantitative estimate of drug-likeness (QED) is 0.280. The molecule has 8 aliphatic rings. The molecule has 6 nitrogen and oxygen atoms in total. The van der Waals surface area contributed by atoms with Crippen LogP contribution < -0.4 is 14.2 Å². The van der Waals surface area contributed by atoms with Gasteiger partial charge in [-0.15, -0.1) is 0 Å². The second-order valence-electron chi connectivity index (χ2n) is 25.2. The number of aryl methyl sites for hydroxylation is 2. The van der Waals surface area contributed by atoms with Gasteiger partial charge in [0.15, 0.2) is 11.5 Å². The van der Waals surface area contributed by atoms with E-state index in [1.165, 1.54) is 18.4 Å². The van der Waals surface area contributed by atoms with Crippen molar-refractivity contribution >= 4 is 0 Å². The van der Waals surface area contributed by atoms with Crippen molar-refractivity contribution in [3.63, 3.8) is 0 Å². The van der Waals surface area contributed by atoms with Crippen LogP contribution in [0.5, 0.6) is 28.7 Å². The first-order valence-electron chi connectivity index (χ1n) is 24.3. The molecule has 0 amide bonds. The molecule has 2 aliphatic heterocycles. The summed E-state index contributed by atoms with van der Waals surface area (Å²) >= 11 is 0. The smallest absolute Gasteiger partial charge is 0.175 e. The fraction of sp³-hybridized carbons (Fsp3) is 0.778. The highest BCUT2D eigenvalue weighted by Gasteiger charge is 2.68. The Morgan fingerprint density at radius 3 is 1.48 bits per heavy atom. The van der Waals surface area contributed by atoms with E-state index in [9.17, 15) is 15.3 Å². The van der Waals surface area contributed by atoms with Crippen molar-refractivity contribution in [1.29, 1.82) is 0 Å². The van der Waals surface area contributed by atoms with E-state index in [2.05, 4.69) is 95.2 Å². The number of phenolic OH excluding ortho intramolecular Hbond substituents is 1. The van der Waals surface area contributed by atoms with Gasteiger partial charge < -0.3 is 29.5 Å². The molecule has 2 heterocycles. The molecule has 6 heteroatoms. The van der Waals surface area contributed by atoms with E-state index >= 15 is 0 Å². The molecule has 0 bridgehead atoms. The largest absolute Gasteiger partial charge is 0.504 e. The van der Waals surface area contributed by atoms with Gasteiger partial charge in [0, 0.05) is 17.4 Å². The summed E-state index contributed by atoms with van der Waals surface area (Å²) in [5, 5.41) is 34.2. The van der Waals surface area contributed by atoms with Crippen LogP contribution in [0.2, 0.25) is 0 Å². The zero-order chi connectivity index (χ0) is 43.0. The molecular weight excluding hydrogens is 745 g/mol. The van der Waals surface area contributed by atoms with Gasteiger partial charge in [-0.1, -0.05) is 55.4 Å². The number of phenols is 1. The van der Waals surface area contributed by atoms with E-state index in [0.29, 0.717) is 35.3 Å². The molecule has 330 valence electrons. The molecule has 2 aromatic carbocycles. The number of hydrogen-bond acceptors (Lipinski definition) is 6. The van der Waals surface area contributed by atoms with Gasteiger partial charge in [0.25, 0.3) is 0 Å². The molecule has 0 unspecified atom stereocenters. The molecule has 6 fully saturated rings. The fourth-order valence-electron chi connectivity index (χ4n) is 18.5. The Morgan fingerprint density at radius 2 is 0.950 bits per heavy atom. The normalized spacial score (nSPS) is 46.9. The highest BCUT2D eigenvalue weighted by atomic mass is 16.5. The van der Waals surface area contributed by atoms with Crippen LogP contribution in [0.1, 0.15) is 169 Å². The van der Waals surface area contributed by atoms with E-state index in [4.69, 9.17) is 14.2 Å². The van der Waals surface area contributed by atoms with Crippen LogP contribution in [0.4, 0.5) is 0 Å². The van der Waals surface area contributed by atoms with Crippen molar-refractivity contribution in [2.24, 2.45) is 68.0 Å². The maximum absolute atomic E-state index is 11.8. The summed E-state index contributed by atoms with van der Waals surface area (Å²) in [6, 6.07) is 6.19. The summed E-state index contributed by atoms with van der Waals surface area (Å²) in [4.78, 5) is 0. The first kappa shape index (κ1) is 41.6. The Hall–Kier alpha value is -2.44. The standard InChI is InChI=1S/C54H78O6/c1-30-25-33(27-32-28-40-51(9)19-13-36-47(3,4)42(56)17-21-49(36,7)38(51)15-23-53(40,11)59-44(30)32)58-46-34-29-41-52(10)20-14-37-48(5,6)43(57)18-22-50(37,8)39(52)16-24-54(41,12)60-45(34)31(2)26-35(46)55/h25-27,36-43,55-57H,13-24,28-29H2,1-12H3/t36-,37-,38+,39+,40-,41-,42+,43+,49-,50-,51+,52+,53-,54-/m0/s1. The van der Waals surface area contributed by atoms with Crippen LogP contribution in [-0.2, 0) is 12.8 Å². The van der Waals surface area contributed by atoms with E-state index in [1.54, 1.807) is 0 Å². The van der Waals surface area contributed by atoms with Gasteiger partial charge in [-0.3, -0.25) is 0 Å². The third-order valence-electron chi connectivity index (χ3n) is 21.6. The average Bonchev–Trinajstić information content (AvgIpc) is 3.15. The first-order chi connectivity index (χ1) is 27.9. The van der Waals surface area contributed by atoms with Gasteiger partial charge in [0.05, 0.1) is 12.2 Å². The minimum absolute atomic E-state index is 0.0642. The number of aromatic hydroxyl groups is 1. The van der Waals surface area contributed by atoms with Gasteiger partial charge in [-0.05, 0) is 209 Å². The van der Waals surface area contributed by atoms with Crippen LogP contribution >= 0.6 is 0 Å². The van der Waals surface area contributed by atoms with Gasteiger partial charge >= 0.3 is 0 Å². The van der Waals surface area contributed by atoms with Crippen LogP contribution in [0.3, 0.4) is 0 Å². The van der Waals surface area contributed by atoms with Crippen LogP contribution in [0.15, 0.2) is 18.2 Å². The molecule has 6 saturated carbocycles. The zero-order valence-corrected chi connectivity index (χ0v) is 39.3. The maximum atomic E-state index is 11.8. The van der Waals surface area contributed by atoms with Crippen molar-refractivity contribution in [2.75, 3.05) is 0 Å². The summed E-state index contributed by atoms with van der Waals surface area (Å²) in [5.74, 6) is 6.21. The van der Waals surface area contributed by atoms with Crippen LogP contribution in [-0.4, -0.2) is 38.7 Å². The van der Waals surface area contributed by atoms with E-state index < -0.39 is 0 Å². The molecule has 0 radical (unpaired) electrons. The lowest BCUT2D eigenvalue weighted by molar-refractivity contribution is -0.223. The van der Waals surface area contributed by atoms with Gasteiger partial charge in [0.2, 0.25) is 0 Å². The average molecular weight is 823 g/mol. The topological polar surface area (TPSA) is 88.4 Å². The summed E-state index contributed by atoms with van der Waals surface area (Å²) in [7, 11) is 0. The van der Waals surface area contributed by atoms with Crippen molar-refractivity contribution < 1.29 is 29.5 Å². The summed E-state index contributed by atoms with van der Waals surface area (Å²) in [6.45, 7) is 28.6.